The third-order valence-corrected chi connectivity index (χ3v) is 3.04. The maximum absolute atomic E-state index is 11.0. The molecule has 1 aromatic rings. The molecule has 2 rings (SSSR count). The highest BCUT2D eigenvalue weighted by Crippen LogP contribution is 2.28. The highest BCUT2D eigenvalue weighted by atomic mass is 16.6. The lowest BCUT2D eigenvalue weighted by atomic mass is 10.2. The molecule has 1 aliphatic rings. The summed E-state index contributed by atoms with van der Waals surface area (Å²) < 4.78 is 5.47. The molecule has 7 heteroatoms. The quantitative estimate of drug-likeness (QED) is 0.443. The van der Waals surface area contributed by atoms with E-state index in [0.717, 1.165) is 18.9 Å². The molecular weight excluding hydrogens is 260 g/mol. The van der Waals surface area contributed by atoms with Gasteiger partial charge in [-0.3, -0.25) is 10.1 Å². The highest BCUT2D eigenvalue weighted by molar-refractivity contribution is 5.63. The lowest BCUT2D eigenvalue weighted by Gasteiger charge is -2.07. The first-order valence-corrected chi connectivity index (χ1v) is 6.57. The van der Waals surface area contributed by atoms with Gasteiger partial charge in [0, 0.05) is 26.0 Å². The molecule has 1 aliphatic carbocycles. The van der Waals surface area contributed by atoms with E-state index in [9.17, 15) is 10.1 Å². The van der Waals surface area contributed by atoms with Gasteiger partial charge < -0.3 is 10.1 Å². The Bertz CT molecular complexity index is 523. The first-order valence-electron chi connectivity index (χ1n) is 6.57. The smallest absolute Gasteiger partial charge is 0.328 e. The zero-order valence-electron chi connectivity index (χ0n) is 11.0. The third-order valence-electron chi connectivity index (χ3n) is 3.04. The fourth-order valence-corrected chi connectivity index (χ4v) is 1.77. The van der Waals surface area contributed by atoms with Gasteiger partial charge in [0.1, 0.15) is 11.6 Å². The van der Waals surface area contributed by atoms with E-state index in [-0.39, 0.29) is 17.1 Å². The van der Waals surface area contributed by atoms with Crippen LogP contribution in [0, 0.1) is 27.4 Å². The Morgan fingerprint density at radius 3 is 3.05 bits per heavy atom. The van der Waals surface area contributed by atoms with E-state index in [4.69, 9.17) is 10.00 Å². The summed E-state index contributed by atoms with van der Waals surface area (Å²) >= 11 is 0. The summed E-state index contributed by atoms with van der Waals surface area (Å²) in [6, 6.07) is 3.14. The number of nitrogens with zero attached hydrogens (tertiary/aromatic N) is 3. The van der Waals surface area contributed by atoms with Gasteiger partial charge >= 0.3 is 5.69 Å². The van der Waals surface area contributed by atoms with Gasteiger partial charge in [-0.05, 0) is 31.2 Å². The van der Waals surface area contributed by atoms with Crippen LogP contribution in [-0.2, 0) is 4.74 Å². The van der Waals surface area contributed by atoms with Crippen LogP contribution < -0.4 is 5.32 Å². The molecule has 0 atom stereocenters. The minimum absolute atomic E-state index is 0.0116. The Hall–Kier alpha value is -2.20. The second-order valence-corrected chi connectivity index (χ2v) is 4.72. The van der Waals surface area contributed by atoms with Crippen LogP contribution in [0.5, 0.6) is 0 Å². The van der Waals surface area contributed by atoms with E-state index in [1.54, 1.807) is 6.07 Å². The molecule has 0 saturated heterocycles. The van der Waals surface area contributed by atoms with Crippen molar-refractivity contribution in [2.45, 2.75) is 19.3 Å². The highest BCUT2D eigenvalue weighted by Gasteiger charge is 2.21. The zero-order chi connectivity index (χ0) is 14.4. The molecule has 0 aliphatic heterocycles. The normalized spacial score (nSPS) is 13.8. The van der Waals surface area contributed by atoms with Gasteiger partial charge in [-0.25, -0.2) is 4.98 Å². The van der Waals surface area contributed by atoms with Crippen molar-refractivity contribution in [3.8, 4) is 6.07 Å². The molecule has 0 radical (unpaired) electrons. The second-order valence-electron chi connectivity index (χ2n) is 4.72. The topological polar surface area (TPSA) is 101 Å². The Labute approximate surface area is 116 Å². The van der Waals surface area contributed by atoms with Gasteiger partial charge in [0.05, 0.1) is 4.92 Å². The molecule has 1 fully saturated rings. The van der Waals surface area contributed by atoms with Gasteiger partial charge in [-0.1, -0.05) is 0 Å². The maximum Gasteiger partial charge on any atom is 0.328 e. The molecule has 1 N–H and O–H groups in total. The molecule has 7 nitrogen and oxygen atoms in total. The van der Waals surface area contributed by atoms with Crippen molar-refractivity contribution >= 4 is 11.5 Å². The molecule has 20 heavy (non-hydrogen) atoms. The predicted octanol–water partition coefficient (Wildman–Crippen LogP) is 2.09. The molecule has 0 unspecified atom stereocenters. The largest absolute Gasteiger partial charge is 0.381 e. The average Bonchev–Trinajstić information content (AvgIpc) is 3.26. The van der Waals surface area contributed by atoms with E-state index in [2.05, 4.69) is 10.3 Å². The molecule has 0 amide bonds. The third kappa shape index (κ3) is 3.90. The lowest BCUT2D eigenvalue weighted by Crippen LogP contribution is -2.10. The van der Waals surface area contributed by atoms with E-state index in [0.29, 0.717) is 13.2 Å². The maximum atomic E-state index is 11.0. The number of hydrogen-bond acceptors (Lipinski definition) is 6. The Morgan fingerprint density at radius 2 is 2.40 bits per heavy atom. The number of anilines is 1. The second kappa shape index (κ2) is 6.82. The molecule has 0 spiro atoms. The van der Waals surface area contributed by atoms with Crippen LogP contribution >= 0.6 is 0 Å². The molecule has 0 aromatic carbocycles. The van der Waals surface area contributed by atoms with E-state index < -0.39 is 4.92 Å². The van der Waals surface area contributed by atoms with Gasteiger partial charge in [0.2, 0.25) is 5.82 Å². The number of rotatable bonds is 8. The van der Waals surface area contributed by atoms with Crippen LogP contribution in [0.3, 0.4) is 0 Å². The van der Waals surface area contributed by atoms with Crippen LogP contribution in [0.1, 0.15) is 24.8 Å². The van der Waals surface area contributed by atoms with Crippen molar-refractivity contribution < 1.29 is 9.66 Å². The summed E-state index contributed by atoms with van der Waals surface area (Å²) in [5.74, 6) is 0.870. The summed E-state index contributed by atoms with van der Waals surface area (Å²) in [5.41, 5.74) is -0.258. The Kier molecular flexibility index (Phi) is 4.85. The number of nitriles is 1. The molecule has 1 heterocycles. The standard InChI is InChI=1S/C13H16N4O3/c14-8-11-4-6-16-13(12(11)17(18)19)15-5-1-7-20-9-10-2-3-10/h4,6,10H,1-3,5,7,9H2,(H,15,16). The predicted molar refractivity (Wildman–Crippen MR) is 72.3 cm³/mol. The van der Waals surface area contributed by atoms with Crippen molar-refractivity contribution in [2.24, 2.45) is 5.92 Å². The number of pyridine rings is 1. The van der Waals surface area contributed by atoms with Crippen LogP contribution in [0.15, 0.2) is 12.3 Å². The zero-order valence-corrected chi connectivity index (χ0v) is 11.0. The van der Waals surface area contributed by atoms with Crippen LogP contribution in [0.4, 0.5) is 11.5 Å². The summed E-state index contributed by atoms with van der Waals surface area (Å²) in [5, 5.41) is 22.7. The average molecular weight is 276 g/mol. The van der Waals surface area contributed by atoms with Crippen molar-refractivity contribution in [3.05, 3.63) is 27.9 Å². The first-order chi connectivity index (χ1) is 9.72. The van der Waals surface area contributed by atoms with Crippen LogP contribution in [-0.4, -0.2) is 29.7 Å². The Balaban J connectivity index is 1.82. The molecule has 0 bridgehead atoms. The fraction of sp³-hybridized carbons (Fsp3) is 0.538. The fourth-order valence-electron chi connectivity index (χ4n) is 1.77. The van der Waals surface area contributed by atoms with Crippen molar-refractivity contribution in [2.75, 3.05) is 25.1 Å². The van der Waals surface area contributed by atoms with Crippen molar-refractivity contribution in [1.29, 1.82) is 5.26 Å². The summed E-state index contributed by atoms with van der Waals surface area (Å²) in [4.78, 5) is 14.3. The first kappa shape index (κ1) is 14.2. The van der Waals surface area contributed by atoms with Gasteiger partial charge in [0.15, 0.2) is 0 Å². The summed E-state index contributed by atoms with van der Waals surface area (Å²) in [6.45, 7) is 1.95. The van der Waals surface area contributed by atoms with Gasteiger partial charge in [-0.2, -0.15) is 5.26 Å². The minimum atomic E-state index is -0.586. The number of aromatic nitrogens is 1. The molecule has 1 saturated carbocycles. The van der Waals surface area contributed by atoms with Crippen LogP contribution in [0.25, 0.3) is 0 Å². The number of nitrogens with one attached hydrogen (secondary N) is 1. The molecule has 1 aromatic heterocycles. The van der Waals surface area contributed by atoms with Gasteiger partial charge in [-0.15, -0.1) is 0 Å². The number of ether oxygens (including phenoxy) is 1. The summed E-state index contributed by atoms with van der Waals surface area (Å²) in [6.07, 6.45) is 4.64. The Morgan fingerprint density at radius 1 is 1.60 bits per heavy atom. The molecular formula is C13H16N4O3. The summed E-state index contributed by atoms with van der Waals surface area (Å²) in [7, 11) is 0. The van der Waals surface area contributed by atoms with E-state index in [1.807, 2.05) is 0 Å². The lowest BCUT2D eigenvalue weighted by molar-refractivity contribution is -0.384. The monoisotopic (exact) mass is 276 g/mol. The number of nitro groups is 1. The minimum Gasteiger partial charge on any atom is -0.381 e. The van der Waals surface area contributed by atoms with Crippen molar-refractivity contribution in [3.63, 3.8) is 0 Å². The SMILES string of the molecule is N#Cc1ccnc(NCCCOCC2CC2)c1[N+](=O)[O-]. The van der Waals surface area contributed by atoms with Gasteiger partial charge in [0.25, 0.3) is 0 Å². The molecule has 106 valence electrons. The van der Waals surface area contributed by atoms with E-state index >= 15 is 0 Å². The van der Waals surface area contributed by atoms with E-state index in [1.165, 1.54) is 25.1 Å². The van der Waals surface area contributed by atoms with Crippen LogP contribution in [0.2, 0.25) is 0 Å². The van der Waals surface area contributed by atoms with Crippen molar-refractivity contribution in [1.82, 2.24) is 4.98 Å². The number of hydrogen-bond donors (Lipinski definition) is 1.